The Balaban J connectivity index is 1.86. The van der Waals surface area contributed by atoms with Gasteiger partial charge in [-0.25, -0.2) is 0 Å². The van der Waals surface area contributed by atoms with Crippen molar-refractivity contribution < 1.29 is 4.74 Å². The topological polar surface area (TPSA) is 53.1 Å². The van der Waals surface area contributed by atoms with E-state index in [1.54, 1.807) is 0 Å². The summed E-state index contributed by atoms with van der Waals surface area (Å²) >= 11 is 0. The van der Waals surface area contributed by atoms with Crippen molar-refractivity contribution in [3.8, 4) is 11.1 Å². The highest BCUT2D eigenvalue weighted by atomic mass is 16.5. The number of nitrogens with two attached hydrogens (primary N) is 1. The molecule has 2 N–H and O–H groups in total. The van der Waals surface area contributed by atoms with E-state index in [0.717, 1.165) is 36.4 Å². The summed E-state index contributed by atoms with van der Waals surface area (Å²) < 4.78 is 7.36. The normalized spacial score (nSPS) is 19.6. The van der Waals surface area contributed by atoms with Crippen molar-refractivity contribution in [1.82, 2.24) is 9.78 Å². The molecule has 4 nitrogen and oxygen atoms in total. The van der Waals surface area contributed by atoms with Gasteiger partial charge >= 0.3 is 0 Å². The first kappa shape index (κ1) is 10.4. The number of ether oxygens (including phenoxy) is 1. The number of hydrogen-bond acceptors (Lipinski definition) is 3. The highest BCUT2D eigenvalue weighted by Crippen LogP contribution is 2.23. The van der Waals surface area contributed by atoms with Gasteiger partial charge < -0.3 is 10.5 Å². The van der Waals surface area contributed by atoms with E-state index in [2.05, 4.69) is 11.3 Å². The molecule has 1 unspecified atom stereocenters. The minimum Gasteiger partial charge on any atom is -0.399 e. The van der Waals surface area contributed by atoms with Gasteiger partial charge in [0, 0.05) is 24.1 Å². The van der Waals surface area contributed by atoms with Crippen LogP contribution in [0.1, 0.15) is 12.5 Å². The van der Waals surface area contributed by atoms with Gasteiger partial charge in [-0.1, -0.05) is 12.1 Å². The Hall–Kier alpha value is -1.81. The Morgan fingerprint density at radius 1 is 1.24 bits per heavy atom. The molecule has 1 aromatic heterocycles. The van der Waals surface area contributed by atoms with Gasteiger partial charge in [0.1, 0.15) is 0 Å². The maximum atomic E-state index is 5.67. The standard InChI is InChI=1S/C13H15N3O/c14-12-3-1-10(2-4-12)11-7-15-16(8-11)13-5-6-17-9-13/h1-4,7-8,13H,5-6,9,14H2. The minimum absolute atomic E-state index is 0.387. The summed E-state index contributed by atoms with van der Waals surface area (Å²) in [5.41, 5.74) is 8.72. The second-order valence-electron chi connectivity index (χ2n) is 4.35. The highest BCUT2D eigenvalue weighted by Gasteiger charge is 2.18. The summed E-state index contributed by atoms with van der Waals surface area (Å²) in [5.74, 6) is 0. The van der Waals surface area contributed by atoms with E-state index < -0.39 is 0 Å². The van der Waals surface area contributed by atoms with Crippen LogP contribution >= 0.6 is 0 Å². The molecule has 0 radical (unpaired) electrons. The molecule has 1 aliphatic rings. The molecule has 0 bridgehead atoms. The maximum Gasteiger partial charge on any atom is 0.0774 e. The Morgan fingerprint density at radius 3 is 2.76 bits per heavy atom. The minimum atomic E-state index is 0.387. The van der Waals surface area contributed by atoms with Gasteiger partial charge in [-0.2, -0.15) is 5.10 Å². The van der Waals surface area contributed by atoms with Crippen LogP contribution in [-0.4, -0.2) is 23.0 Å². The van der Waals surface area contributed by atoms with Crippen LogP contribution in [0.2, 0.25) is 0 Å². The van der Waals surface area contributed by atoms with Crippen molar-refractivity contribution in [2.45, 2.75) is 12.5 Å². The molecule has 88 valence electrons. The van der Waals surface area contributed by atoms with Crippen molar-refractivity contribution in [2.24, 2.45) is 0 Å². The molecule has 0 saturated carbocycles. The lowest BCUT2D eigenvalue weighted by atomic mass is 10.1. The molecule has 0 aliphatic carbocycles. The Morgan fingerprint density at radius 2 is 2.06 bits per heavy atom. The Labute approximate surface area is 100 Å². The van der Waals surface area contributed by atoms with Gasteiger partial charge in [0.15, 0.2) is 0 Å². The molecule has 1 aromatic carbocycles. The predicted octanol–water partition coefficient (Wildman–Crippen LogP) is 2.09. The Bertz CT molecular complexity index is 498. The monoisotopic (exact) mass is 229 g/mol. The molecule has 1 saturated heterocycles. The van der Waals surface area contributed by atoms with Crippen LogP contribution in [0.25, 0.3) is 11.1 Å². The van der Waals surface area contributed by atoms with E-state index in [0.29, 0.717) is 6.04 Å². The van der Waals surface area contributed by atoms with Gasteiger partial charge in [-0.05, 0) is 24.1 Å². The van der Waals surface area contributed by atoms with Crippen LogP contribution in [0, 0.1) is 0 Å². The molecule has 0 spiro atoms. The fourth-order valence-electron chi connectivity index (χ4n) is 2.09. The van der Waals surface area contributed by atoms with E-state index in [4.69, 9.17) is 10.5 Å². The number of aromatic nitrogens is 2. The molecular formula is C13H15N3O. The fourth-order valence-corrected chi connectivity index (χ4v) is 2.09. The first-order valence-corrected chi connectivity index (χ1v) is 5.81. The second-order valence-corrected chi connectivity index (χ2v) is 4.35. The first-order chi connectivity index (χ1) is 8.33. The van der Waals surface area contributed by atoms with E-state index in [1.165, 1.54) is 0 Å². The van der Waals surface area contributed by atoms with Crippen molar-refractivity contribution >= 4 is 5.69 Å². The van der Waals surface area contributed by atoms with Crippen LogP contribution in [0.3, 0.4) is 0 Å². The van der Waals surface area contributed by atoms with Crippen LogP contribution in [0.15, 0.2) is 36.7 Å². The predicted molar refractivity (Wildman–Crippen MR) is 66.5 cm³/mol. The third-order valence-electron chi connectivity index (χ3n) is 3.13. The molecule has 0 amide bonds. The summed E-state index contributed by atoms with van der Waals surface area (Å²) in [6.07, 6.45) is 5.01. The molecule has 4 heteroatoms. The second kappa shape index (κ2) is 4.22. The fraction of sp³-hybridized carbons (Fsp3) is 0.308. The van der Waals surface area contributed by atoms with Gasteiger partial charge in [0.25, 0.3) is 0 Å². The summed E-state index contributed by atoms with van der Waals surface area (Å²) in [7, 11) is 0. The lowest BCUT2D eigenvalue weighted by Gasteiger charge is -2.06. The van der Waals surface area contributed by atoms with Crippen LogP contribution in [0.5, 0.6) is 0 Å². The molecule has 2 aromatic rings. The molecule has 3 rings (SSSR count). The molecular weight excluding hydrogens is 214 g/mol. The summed E-state index contributed by atoms with van der Waals surface area (Å²) in [4.78, 5) is 0. The number of hydrogen-bond donors (Lipinski definition) is 1. The molecule has 17 heavy (non-hydrogen) atoms. The largest absolute Gasteiger partial charge is 0.399 e. The van der Waals surface area contributed by atoms with E-state index >= 15 is 0 Å². The van der Waals surface area contributed by atoms with Gasteiger partial charge in [0.2, 0.25) is 0 Å². The van der Waals surface area contributed by atoms with E-state index in [-0.39, 0.29) is 0 Å². The molecule has 1 aliphatic heterocycles. The maximum absolute atomic E-state index is 5.67. The number of rotatable bonds is 2. The third-order valence-corrected chi connectivity index (χ3v) is 3.13. The van der Waals surface area contributed by atoms with Crippen LogP contribution in [-0.2, 0) is 4.74 Å². The van der Waals surface area contributed by atoms with Crippen LogP contribution in [0.4, 0.5) is 5.69 Å². The highest BCUT2D eigenvalue weighted by molar-refractivity contribution is 5.63. The SMILES string of the molecule is Nc1ccc(-c2cnn(C3CCOC3)c2)cc1. The summed E-state index contributed by atoms with van der Waals surface area (Å²) in [6.45, 7) is 1.60. The average Bonchev–Trinajstić information content (AvgIpc) is 3.00. The average molecular weight is 229 g/mol. The van der Waals surface area contributed by atoms with E-state index in [9.17, 15) is 0 Å². The Kier molecular flexibility index (Phi) is 2.57. The zero-order valence-electron chi connectivity index (χ0n) is 9.54. The summed E-state index contributed by atoms with van der Waals surface area (Å²) in [5, 5.41) is 4.40. The first-order valence-electron chi connectivity index (χ1n) is 5.81. The number of nitrogen functional groups attached to an aromatic ring is 1. The van der Waals surface area contributed by atoms with Crippen LogP contribution < -0.4 is 5.73 Å². The molecule has 1 atom stereocenters. The zero-order chi connectivity index (χ0) is 11.7. The van der Waals surface area contributed by atoms with E-state index in [1.807, 2.05) is 35.1 Å². The third kappa shape index (κ3) is 2.03. The zero-order valence-corrected chi connectivity index (χ0v) is 9.54. The lowest BCUT2D eigenvalue weighted by Crippen LogP contribution is -2.08. The van der Waals surface area contributed by atoms with Crippen molar-refractivity contribution in [2.75, 3.05) is 18.9 Å². The molecule has 2 heterocycles. The smallest absolute Gasteiger partial charge is 0.0774 e. The molecule has 1 fully saturated rings. The number of anilines is 1. The number of benzene rings is 1. The van der Waals surface area contributed by atoms with Crippen molar-refractivity contribution in [3.63, 3.8) is 0 Å². The van der Waals surface area contributed by atoms with Gasteiger partial charge in [0.05, 0.1) is 18.8 Å². The quantitative estimate of drug-likeness (QED) is 0.802. The number of nitrogens with zero attached hydrogens (tertiary/aromatic N) is 2. The van der Waals surface area contributed by atoms with Gasteiger partial charge in [-0.15, -0.1) is 0 Å². The van der Waals surface area contributed by atoms with Crippen molar-refractivity contribution in [1.29, 1.82) is 0 Å². The van der Waals surface area contributed by atoms with Crippen molar-refractivity contribution in [3.05, 3.63) is 36.7 Å². The van der Waals surface area contributed by atoms with Gasteiger partial charge in [-0.3, -0.25) is 4.68 Å². The lowest BCUT2D eigenvalue weighted by molar-refractivity contribution is 0.184. The summed E-state index contributed by atoms with van der Waals surface area (Å²) in [6, 6.07) is 8.23.